The molecule has 0 bridgehead atoms. The van der Waals surface area contributed by atoms with Crippen LogP contribution in [0.1, 0.15) is 42.5 Å². The molecule has 0 saturated carbocycles. The first-order valence-corrected chi connectivity index (χ1v) is 10.5. The van der Waals surface area contributed by atoms with Gasteiger partial charge in [-0.2, -0.15) is 13.2 Å². The minimum absolute atomic E-state index is 0.0822. The number of ether oxygens (including phenoxy) is 1. The number of hydrazine groups is 1. The molecule has 1 heterocycles. The summed E-state index contributed by atoms with van der Waals surface area (Å²) in [5, 5.41) is 0. The van der Waals surface area contributed by atoms with Gasteiger partial charge in [0.2, 0.25) is 5.91 Å². The summed E-state index contributed by atoms with van der Waals surface area (Å²) in [4.78, 5) is 38.1. The number of carbonyl (C=O) groups excluding carboxylic acids is 3. The van der Waals surface area contributed by atoms with Crippen LogP contribution in [0.15, 0.2) is 42.1 Å². The number of fused-ring (bicyclic) bond motifs is 1. The number of hydrogen-bond acceptors (Lipinski definition) is 5. The van der Waals surface area contributed by atoms with Crippen molar-refractivity contribution in [3.8, 4) is 0 Å². The second-order valence-electron chi connectivity index (χ2n) is 7.87. The van der Waals surface area contributed by atoms with Crippen LogP contribution in [0.5, 0.6) is 0 Å². The van der Waals surface area contributed by atoms with Crippen molar-refractivity contribution in [2.75, 3.05) is 11.5 Å². The van der Waals surface area contributed by atoms with Crippen LogP contribution < -0.4 is 15.8 Å². The van der Waals surface area contributed by atoms with Crippen molar-refractivity contribution in [3.63, 3.8) is 0 Å². The predicted octanol–water partition coefficient (Wildman–Crippen LogP) is 4.31. The number of halogens is 3. The van der Waals surface area contributed by atoms with E-state index >= 15 is 0 Å². The lowest BCUT2D eigenvalue weighted by Gasteiger charge is -2.20. The Kier molecular flexibility index (Phi) is 6.99. The summed E-state index contributed by atoms with van der Waals surface area (Å²) >= 11 is 0. The average Bonchev–Trinajstić information content (AvgIpc) is 3.01. The third-order valence-corrected chi connectivity index (χ3v) is 5.09. The van der Waals surface area contributed by atoms with Gasteiger partial charge in [0.25, 0.3) is 5.91 Å². The van der Waals surface area contributed by atoms with Gasteiger partial charge in [0, 0.05) is 16.9 Å². The monoisotopic (exact) mass is 475 g/mol. The van der Waals surface area contributed by atoms with Crippen LogP contribution in [0, 0.1) is 13.8 Å². The quantitative estimate of drug-likeness (QED) is 0.282. The molecule has 180 valence electrons. The molecule has 0 unspecified atom stereocenters. The maximum absolute atomic E-state index is 13.5. The summed E-state index contributed by atoms with van der Waals surface area (Å²) in [6.45, 7) is 6.89. The van der Waals surface area contributed by atoms with Crippen LogP contribution in [0.25, 0.3) is 5.57 Å². The van der Waals surface area contributed by atoms with Crippen molar-refractivity contribution in [1.82, 2.24) is 10.9 Å². The summed E-state index contributed by atoms with van der Waals surface area (Å²) in [7, 11) is 0. The minimum atomic E-state index is -4.59. The van der Waals surface area contributed by atoms with Gasteiger partial charge < -0.3 is 10.2 Å². The van der Waals surface area contributed by atoms with Crippen LogP contribution in [0.4, 0.5) is 24.5 Å². The van der Waals surface area contributed by atoms with E-state index in [9.17, 15) is 27.6 Å². The van der Waals surface area contributed by atoms with E-state index in [1.807, 2.05) is 19.9 Å². The van der Waals surface area contributed by atoms with E-state index in [0.717, 1.165) is 23.3 Å². The molecule has 2 aromatic carbocycles. The molecule has 2 amide bonds. The van der Waals surface area contributed by atoms with E-state index in [-0.39, 0.29) is 29.1 Å². The van der Waals surface area contributed by atoms with E-state index in [2.05, 4.69) is 10.9 Å². The largest absolute Gasteiger partial charge is 0.466 e. The van der Waals surface area contributed by atoms with Crippen molar-refractivity contribution < 1.29 is 32.3 Å². The average molecular weight is 475 g/mol. The first-order chi connectivity index (χ1) is 15.9. The highest BCUT2D eigenvalue weighted by Gasteiger charge is 2.39. The lowest BCUT2D eigenvalue weighted by Crippen LogP contribution is -2.38. The molecule has 0 atom stereocenters. The van der Waals surface area contributed by atoms with Gasteiger partial charge in [-0.25, -0.2) is 0 Å². The summed E-state index contributed by atoms with van der Waals surface area (Å²) < 4.78 is 45.0. The lowest BCUT2D eigenvalue weighted by molar-refractivity contribution is -0.146. The highest BCUT2D eigenvalue weighted by molar-refractivity contribution is 6.35. The molecule has 2 N–H and O–H groups in total. The van der Waals surface area contributed by atoms with E-state index < -0.39 is 35.9 Å². The van der Waals surface area contributed by atoms with Gasteiger partial charge in [0.15, 0.2) is 0 Å². The number of aryl methyl sites for hydroxylation is 2. The summed E-state index contributed by atoms with van der Waals surface area (Å²) in [5.41, 5.74) is 6.78. The van der Waals surface area contributed by atoms with E-state index in [0.29, 0.717) is 5.69 Å². The van der Waals surface area contributed by atoms with Crippen LogP contribution in [-0.2, 0) is 25.3 Å². The van der Waals surface area contributed by atoms with E-state index in [1.54, 1.807) is 19.1 Å². The Morgan fingerprint density at radius 2 is 1.68 bits per heavy atom. The Labute approximate surface area is 194 Å². The molecule has 1 aliphatic heterocycles. The fourth-order valence-corrected chi connectivity index (χ4v) is 3.75. The number of carbonyl (C=O) groups is 3. The normalized spacial score (nSPS) is 14.6. The molecule has 2 aromatic rings. The Balaban J connectivity index is 2.02. The molecule has 0 saturated heterocycles. The fourth-order valence-electron chi connectivity index (χ4n) is 3.75. The number of esters is 1. The maximum Gasteiger partial charge on any atom is 0.416 e. The minimum Gasteiger partial charge on any atom is -0.466 e. The molecule has 0 aromatic heterocycles. The number of anilines is 2. The number of nitrogens with one attached hydrogen (secondary N) is 2. The number of hydrogen-bond donors (Lipinski definition) is 2. The van der Waals surface area contributed by atoms with Gasteiger partial charge in [0.05, 0.1) is 23.4 Å². The molecule has 34 heavy (non-hydrogen) atoms. The Bertz CT molecular complexity index is 1170. The van der Waals surface area contributed by atoms with Crippen LogP contribution in [0.3, 0.4) is 0 Å². The van der Waals surface area contributed by atoms with Crippen LogP contribution >= 0.6 is 0 Å². The molecule has 0 aliphatic carbocycles. The van der Waals surface area contributed by atoms with Gasteiger partial charge in [-0.3, -0.25) is 24.7 Å². The summed E-state index contributed by atoms with van der Waals surface area (Å²) in [6.07, 6.45) is -5.12. The topological polar surface area (TPSA) is 87.7 Å². The molecule has 3 rings (SSSR count). The Morgan fingerprint density at radius 1 is 1.03 bits per heavy atom. The molecule has 10 heteroatoms. The number of nitrogens with zero attached hydrogens (tertiary/aromatic N) is 1. The van der Waals surface area contributed by atoms with Crippen LogP contribution in [0.2, 0.25) is 0 Å². The van der Waals surface area contributed by atoms with Gasteiger partial charge in [-0.05, 0) is 63.1 Å². The zero-order valence-electron chi connectivity index (χ0n) is 19.1. The van der Waals surface area contributed by atoms with Gasteiger partial charge in [0.1, 0.15) is 6.42 Å². The second-order valence-corrected chi connectivity index (χ2v) is 7.87. The number of allylic oxidation sites excluding steroid dienone is 1. The molecule has 7 nitrogen and oxygen atoms in total. The van der Waals surface area contributed by atoms with Gasteiger partial charge in [-0.15, -0.1) is 0 Å². The number of rotatable bonds is 6. The Morgan fingerprint density at radius 3 is 2.26 bits per heavy atom. The smallest absolute Gasteiger partial charge is 0.416 e. The summed E-state index contributed by atoms with van der Waals surface area (Å²) in [6, 6.07) is 8.39. The van der Waals surface area contributed by atoms with Gasteiger partial charge in [-0.1, -0.05) is 12.1 Å². The number of amides is 2. The lowest BCUT2D eigenvalue weighted by atomic mass is 10.0. The van der Waals surface area contributed by atoms with Crippen molar-refractivity contribution >= 4 is 34.7 Å². The first-order valence-electron chi connectivity index (χ1n) is 10.5. The second kappa shape index (κ2) is 9.58. The van der Waals surface area contributed by atoms with E-state index in [4.69, 9.17) is 4.74 Å². The zero-order valence-corrected chi connectivity index (χ0v) is 19.1. The number of alkyl halides is 3. The van der Waals surface area contributed by atoms with Gasteiger partial charge >= 0.3 is 12.1 Å². The molecular weight excluding hydrogens is 451 g/mol. The van der Waals surface area contributed by atoms with Crippen LogP contribution in [-0.4, -0.2) is 24.4 Å². The van der Waals surface area contributed by atoms with Crippen molar-refractivity contribution in [3.05, 3.63) is 64.3 Å². The zero-order chi connectivity index (χ0) is 25.2. The molecule has 1 aliphatic rings. The highest BCUT2D eigenvalue weighted by atomic mass is 19.4. The molecule has 0 fully saturated rings. The standard InChI is InChI=1S/C24H24F3N3O4/c1-5-34-21(32)12-20(31)29-28-15(4)22-18-7-6-16(24(25,26)27)11-19(18)30(23(22)33)17-9-13(2)8-14(3)10-17/h6-11,28H,5,12H2,1-4H3,(H,29,31)/b22-15-. The molecular formula is C24H24F3N3O4. The SMILES string of the molecule is CCOC(=O)CC(=O)NN/C(C)=C1\C(=O)N(c2cc(C)cc(C)c2)c2cc(C(F)(F)F)ccc21. The van der Waals surface area contributed by atoms with Crippen molar-refractivity contribution in [2.45, 2.75) is 40.3 Å². The third-order valence-electron chi connectivity index (χ3n) is 5.09. The third kappa shape index (κ3) is 5.22. The fraction of sp³-hybridized carbons (Fsp3) is 0.292. The van der Waals surface area contributed by atoms with Crippen molar-refractivity contribution in [2.24, 2.45) is 0 Å². The highest BCUT2D eigenvalue weighted by Crippen LogP contribution is 2.45. The summed E-state index contributed by atoms with van der Waals surface area (Å²) in [5.74, 6) is -1.96. The molecule has 0 spiro atoms. The predicted molar refractivity (Wildman–Crippen MR) is 120 cm³/mol. The Hall–Kier alpha value is -3.82. The molecule has 0 radical (unpaired) electrons. The number of benzene rings is 2. The van der Waals surface area contributed by atoms with E-state index in [1.165, 1.54) is 17.9 Å². The van der Waals surface area contributed by atoms with Crippen molar-refractivity contribution in [1.29, 1.82) is 0 Å². The first kappa shape index (κ1) is 24.8. The maximum atomic E-state index is 13.5.